The Morgan fingerprint density at radius 1 is 1.33 bits per heavy atom. The molecule has 94 valence electrons. The Morgan fingerprint density at radius 3 is 3.06 bits per heavy atom. The number of nitrogens with one attached hydrogen (secondary N) is 1. The van der Waals surface area contributed by atoms with Gasteiger partial charge in [-0.05, 0) is 6.07 Å². The molecule has 3 rings (SSSR count). The Bertz CT molecular complexity index is 540. The molecule has 6 heteroatoms. The van der Waals surface area contributed by atoms with Crippen molar-refractivity contribution in [3.05, 3.63) is 35.7 Å². The molecular weight excluding hydrogens is 232 g/mol. The van der Waals surface area contributed by atoms with Crippen LogP contribution in [0.25, 0.3) is 0 Å². The highest BCUT2D eigenvalue weighted by molar-refractivity contribution is 5.41. The molecule has 0 saturated heterocycles. The Labute approximate surface area is 104 Å². The average Bonchev–Trinajstić information content (AvgIpc) is 2.87. The molecule has 0 aliphatic carbocycles. The Balaban J connectivity index is 1.81. The molecule has 2 aromatic rings. The fourth-order valence-electron chi connectivity index (χ4n) is 2.04. The number of ether oxygens (including phenoxy) is 1. The summed E-state index contributed by atoms with van der Waals surface area (Å²) in [6.45, 7) is 0.922. The van der Waals surface area contributed by atoms with E-state index in [1.54, 1.807) is 0 Å². The minimum atomic E-state index is 0.126. The Kier molecular flexibility index (Phi) is 2.85. The molecule has 1 aliphatic heterocycles. The third-order valence-corrected chi connectivity index (χ3v) is 2.90. The van der Waals surface area contributed by atoms with Crippen molar-refractivity contribution in [3.8, 4) is 5.75 Å². The lowest BCUT2D eigenvalue weighted by Gasteiger charge is -2.25. The van der Waals surface area contributed by atoms with Gasteiger partial charge in [-0.1, -0.05) is 23.3 Å². The quantitative estimate of drug-likeness (QED) is 0.852. The summed E-state index contributed by atoms with van der Waals surface area (Å²) in [5.74, 6) is 1.33. The molecule has 0 spiro atoms. The molecule has 0 radical (unpaired) electrons. The van der Waals surface area contributed by atoms with Crippen LogP contribution in [0.2, 0.25) is 0 Å². The molecule has 0 amide bonds. The monoisotopic (exact) mass is 246 g/mol. The van der Waals surface area contributed by atoms with Crippen molar-refractivity contribution in [2.45, 2.75) is 19.0 Å². The lowest BCUT2D eigenvalue weighted by molar-refractivity contribution is 0.273. The van der Waals surface area contributed by atoms with Crippen LogP contribution in [0.15, 0.2) is 28.7 Å². The number of rotatable bonds is 3. The van der Waals surface area contributed by atoms with Gasteiger partial charge in [0.05, 0.1) is 19.2 Å². The summed E-state index contributed by atoms with van der Waals surface area (Å²) in [6.07, 6.45) is 0.858. The number of anilines is 1. The van der Waals surface area contributed by atoms with Crippen LogP contribution in [-0.4, -0.2) is 16.8 Å². The standard InChI is InChI=1S/C12H14N4O2/c13-7-11-15-16-12(18-11)14-9-5-6-17-10-4-2-1-3-8(9)10/h1-4,9H,5-7,13H2,(H,14,16). The summed E-state index contributed by atoms with van der Waals surface area (Å²) in [5.41, 5.74) is 6.54. The van der Waals surface area contributed by atoms with Crippen LogP contribution in [0, 0.1) is 0 Å². The minimum Gasteiger partial charge on any atom is -0.493 e. The fraction of sp³-hybridized carbons (Fsp3) is 0.333. The first-order valence-electron chi connectivity index (χ1n) is 5.87. The first-order valence-corrected chi connectivity index (χ1v) is 5.87. The lowest BCUT2D eigenvalue weighted by Crippen LogP contribution is -2.20. The lowest BCUT2D eigenvalue weighted by atomic mass is 10.0. The Hall–Kier alpha value is -2.08. The highest BCUT2D eigenvalue weighted by Gasteiger charge is 2.22. The van der Waals surface area contributed by atoms with E-state index in [0.29, 0.717) is 18.5 Å². The van der Waals surface area contributed by atoms with Gasteiger partial charge in [0.1, 0.15) is 5.75 Å². The number of nitrogens with zero attached hydrogens (tertiary/aromatic N) is 2. The number of hydrogen-bond donors (Lipinski definition) is 2. The van der Waals surface area contributed by atoms with E-state index in [1.807, 2.05) is 24.3 Å². The Morgan fingerprint density at radius 2 is 2.22 bits per heavy atom. The van der Waals surface area contributed by atoms with Crippen molar-refractivity contribution in [2.24, 2.45) is 5.73 Å². The average molecular weight is 246 g/mol. The SMILES string of the molecule is NCc1nnc(NC2CCOc3ccccc32)o1. The number of para-hydroxylation sites is 1. The van der Waals surface area contributed by atoms with Crippen LogP contribution >= 0.6 is 0 Å². The van der Waals surface area contributed by atoms with E-state index in [1.165, 1.54) is 0 Å². The van der Waals surface area contributed by atoms with Crippen molar-refractivity contribution < 1.29 is 9.15 Å². The van der Waals surface area contributed by atoms with Crippen molar-refractivity contribution in [1.29, 1.82) is 0 Å². The van der Waals surface area contributed by atoms with Gasteiger partial charge in [0.15, 0.2) is 0 Å². The molecule has 18 heavy (non-hydrogen) atoms. The summed E-state index contributed by atoms with van der Waals surface area (Å²) in [6, 6.07) is 8.47. The second-order valence-electron chi connectivity index (χ2n) is 4.08. The summed E-state index contributed by atoms with van der Waals surface area (Å²) in [4.78, 5) is 0. The predicted octanol–water partition coefficient (Wildman–Crippen LogP) is 1.46. The van der Waals surface area contributed by atoms with Gasteiger partial charge in [-0.15, -0.1) is 5.10 Å². The zero-order valence-electron chi connectivity index (χ0n) is 9.80. The molecule has 6 nitrogen and oxygen atoms in total. The maximum Gasteiger partial charge on any atom is 0.316 e. The highest BCUT2D eigenvalue weighted by atomic mass is 16.5. The first-order chi connectivity index (χ1) is 8.86. The van der Waals surface area contributed by atoms with E-state index < -0.39 is 0 Å². The fourth-order valence-corrected chi connectivity index (χ4v) is 2.04. The highest BCUT2D eigenvalue weighted by Crippen LogP contribution is 2.33. The van der Waals surface area contributed by atoms with Gasteiger partial charge in [0.25, 0.3) is 0 Å². The van der Waals surface area contributed by atoms with E-state index >= 15 is 0 Å². The van der Waals surface area contributed by atoms with Crippen LogP contribution in [-0.2, 0) is 6.54 Å². The number of fused-ring (bicyclic) bond motifs is 1. The van der Waals surface area contributed by atoms with E-state index in [2.05, 4.69) is 15.5 Å². The van der Waals surface area contributed by atoms with Gasteiger partial charge >= 0.3 is 6.01 Å². The summed E-state index contributed by atoms with van der Waals surface area (Å²) >= 11 is 0. The first kappa shape index (κ1) is 11.0. The van der Waals surface area contributed by atoms with Gasteiger partial charge in [-0.25, -0.2) is 0 Å². The van der Waals surface area contributed by atoms with Crippen LogP contribution in [0.5, 0.6) is 5.75 Å². The molecule has 3 N–H and O–H groups in total. The summed E-state index contributed by atoms with van der Waals surface area (Å²) in [5, 5.41) is 10.9. The topological polar surface area (TPSA) is 86.2 Å². The van der Waals surface area contributed by atoms with Gasteiger partial charge in [-0.2, -0.15) is 0 Å². The van der Waals surface area contributed by atoms with E-state index in [4.69, 9.17) is 14.9 Å². The molecule has 0 bridgehead atoms. The molecule has 0 fully saturated rings. The van der Waals surface area contributed by atoms with Crippen molar-refractivity contribution >= 4 is 6.01 Å². The summed E-state index contributed by atoms with van der Waals surface area (Å²) in [7, 11) is 0. The second kappa shape index (κ2) is 4.66. The smallest absolute Gasteiger partial charge is 0.316 e. The van der Waals surface area contributed by atoms with Crippen molar-refractivity contribution in [3.63, 3.8) is 0 Å². The molecule has 1 atom stereocenters. The van der Waals surface area contributed by atoms with Gasteiger partial charge in [0.2, 0.25) is 5.89 Å². The van der Waals surface area contributed by atoms with E-state index in [-0.39, 0.29) is 12.6 Å². The maximum atomic E-state index is 5.59. The largest absolute Gasteiger partial charge is 0.493 e. The zero-order valence-corrected chi connectivity index (χ0v) is 9.80. The number of aromatic nitrogens is 2. The number of nitrogens with two attached hydrogens (primary N) is 1. The second-order valence-corrected chi connectivity index (χ2v) is 4.08. The predicted molar refractivity (Wildman–Crippen MR) is 65.1 cm³/mol. The number of hydrogen-bond acceptors (Lipinski definition) is 6. The van der Waals surface area contributed by atoms with E-state index in [0.717, 1.165) is 17.7 Å². The molecule has 1 aromatic heterocycles. The van der Waals surface area contributed by atoms with Gasteiger partial charge in [-0.3, -0.25) is 0 Å². The molecule has 1 aliphatic rings. The van der Waals surface area contributed by atoms with Crippen LogP contribution in [0.4, 0.5) is 6.01 Å². The van der Waals surface area contributed by atoms with Gasteiger partial charge < -0.3 is 20.2 Å². The van der Waals surface area contributed by atoms with Crippen molar-refractivity contribution in [1.82, 2.24) is 10.2 Å². The van der Waals surface area contributed by atoms with Crippen LogP contribution < -0.4 is 15.8 Å². The molecule has 1 unspecified atom stereocenters. The minimum absolute atomic E-state index is 0.126. The van der Waals surface area contributed by atoms with E-state index in [9.17, 15) is 0 Å². The molecule has 2 heterocycles. The molecule has 0 saturated carbocycles. The third kappa shape index (κ3) is 2.02. The normalized spacial score (nSPS) is 17.9. The zero-order chi connectivity index (χ0) is 12.4. The van der Waals surface area contributed by atoms with Gasteiger partial charge in [0, 0.05) is 12.0 Å². The summed E-state index contributed by atoms with van der Waals surface area (Å²) < 4.78 is 10.9. The molecule has 1 aromatic carbocycles. The van der Waals surface area contributed by atoms with Crippen LogP contribution in [0.1, 0.15) is 23.9 Å². The third-order valence-electron chi connectivity index (χ3n) is 2.90. The number of benzene rings is 1. The molecular formula is C12H14N4O2. The van der Waals surface area contributed by atoms with Crippen molar-refractivity contribution in [2.75, 3.05) is 11.9 Å². The van der Waals surface area contributed by atoms with Crippen LogP contribution in [0.3, 0.4) is 0 Å². The maximum absolute atomic E-state index is 5.59.